The highest BCUT2D eigenvalue weighted by molar-refractivity contribution is 7.10. The number of nitrogens with one attached hydrogen (secondary N) is 1. The summed E-state index contributed by atoms with van der Waals surface area (Å²) in [6.45, 7) is 6.25. The van der Waals surface area contributed by atoms with E-state index in [9.17, 15) is 4.79 Å². The van der Waals surface area contributed by atoms with E-state index in [0.717, 1.165) is 37.7 Å². The van der Waals surface area contributed by atoms with E-state index in [-0.39, 0.29) is 11.9 Å². The van der Waals surface area contributed by atoms with Crippen LogP contribution in [0, 0.1) is 0 Å². The molecule has 6 heteroatoms. The molecular weight excluding hydrogens is 262 g/mol. The number of ether oxygens (including phenoxy) is 1. The molecule has 1 aliphatic heterocycles. The van der Waals surface area contributed by atoms with Crippen LogP contribution in [0.3, 0.4) is 0 Å². The summed E-state index contributed by atoms with van der Waals surface area (Å²) in [4.78, 5) is 15.2. The van der Waals surface area contributed by atoms with Crippen molar-refractivity contribution in [3.05, 3.63) is 22.4 Å². The van der Waals surface area contributed by atoms with Crippen LogP contribution in [0.5, 0.6) is 0 Å². The lowest BCUT2D eigenvalue weighted by molar-refractivity contribution is -0.123. The summed E-state index contributed by atoms with van der Waals surface area (Å²) in [5.41, 5.74) is 5.93. The number of amides is 1. The van der Waals surface area contributed by atoms with Crippen LogP contribution in [0.4, 0.5) is 0 Å². The van der Waals surface area contributed by atoms with Gasteiger partial charge in [0.1, 0.15) is 6.04 Å². The van der Waals surface area contributed by atoms with Gasteiger partial charge in [0.15, 0.2) is 0 Å². The number of rotatable bonds is 5. The molecule has 1 saturated heterocycles. The molecule has 0 aromatic carbocycles. The van der Waals surface area contributed by atoms with Gasteiger partial charge in [-0.25, -0.2) is 0 Å². The SMILES string of the molecule is CC(CN1CCOCC1)NC(=O)C(N)c1cccs1. The first-order chi connectivity index (χ1) is 9.16. The van der Waals surface area contributed by atoms with Gasteiger partial charge in [-0.3, -0.25) is 9.69 Å². The molecule has 1 aliphatic rings. The maximum atomic E-state index is 12.0. The van der Waals surface area contributed by atoms with Crippen molar-refractivity contribution < 1.29 is 9.53 Å². The number of thiophene rings is 1. The van der Waals surface area contributed by atoms with Crippen molar-refractivity contribution in [1.29, 1.82) is 0 Å². The molecule has 3 N–H and O–H groups in total. The predicted molar refractivity (Wildman–Crippen MR) is 76.1 cm³/mol. The number of morpholine rings is 1. The van der Waals surface area contributed by atoms with Crippen LogP contribution in [-0.2, 0) is 9.53 Å². The first-order valence-electron chi connectivity index (χ1n) is 6.56. The summed E-state index contributed by atoms with van der Waals surface area (Å²) >= 11 is 1.51. The number of hydrogen-bond acceptors (Lipinski definition) is 5. The molecule has 0 spiro atoms. The van der Waals surface area contributed by atoms with E-state index in [1.807, 2.05) is 24.4 Å². The number of nitrogens with zero attached hydrogens (tertiary/aromatic N) is 1. The molecule has 19 heavy (non-hydrogen) atoms. The first-order valence-corrected chi connectivity index (χ1v) is 7.44. The van der Waals surface area contributed by atoms with E-state index >= 15 is 0 Å². The normalized spacial score (nSPS) is 19.9. The molecule has 2 rings (SSSR count). The number of carbonyl (C=O) groups excluding carboxylic acids is 1. The number of carbonyl (C=O) groups is 1. The summed E-state index contributed by atoms with van der Waals surface area (Å²) in [5.74, 6) is -0.108. The average molecular weight is 283 g/mol. The van der Waals surface area contributed by atoms with Crippen molar-refractivity contribution in [2.75, 3.05) is 32.8 Å². The highest BCUT2D eigenvalue weighted by Gasteiger charge is 2.20. The van der Waals surface area contributed by atoms with E-state index in [0.29, 0.717) is 0 Å². The van der Waals surface area contributed by atoms with Crippen LogP contribution in [0.2, 0.25) is 0 Å². The molecule has 1 fully saturated rings. The van der Waals surface area contributed by atoms with Gasteiger partial charge in [0.2, 0.25) is 5.91 Å². The highest BCUT2D eigenvalue weighted by Crippen LogP contribution is 2.16. The second-order valence-corrected chi connectivity index (χ2v) is 5.79. The van der Waals surface area contributed by atoms with Crippen LogP contribution < -0.4 is 11.1 Å². The fourth-order valence-corrected chi connectivity index (χ4v) is 2.87. The van der Waals surface area contributed by atoms with Gasteiger partial charge in [0.25, 0.3) is 0 Å². The van der Waals surface area contributed by atoms with Crippen LogP contribution in [0.1, 0.15) is 17.8 Å². The van der Waals surface area contributed by atoms with Gasteiger partial charge < -0.3 is 15.8 Å². The Labute approximate surface area is 117 Å². The van der Waals surface area contributed by atoms with Gasteiger partial charge in [-0.05, 0) is 18.4 Å². The number of nitrogens with two attached hydrogens (primary N) is 1. The van der Waals surface area contributed by atoms with Crippen molar-refractivity contribution in [3.63, 3.8) is 0 Å². The summed E-state index contributed by atoms with van der Waals surface area (Å²) in [7, 11) is 0. The van der Waals surface area contributed by atoms with E-state index in [4.69, 9.17) is 10.5 Å². The smallest absolute Gasteiger partial charge is 0.242 e. The Morgan fingerprint density at radius 2 is 2.32 bits per heavy atom. The van der Waals surface area contributed by atoms with Crippen LogP contribution >= 0.6 is 11.3 Å². The molecule has 0 bridgehead atoms. The van der Waals surface area contributed by atoms with Gasteiger partial charge >= 0.3 is 0 Å². The standard InChI is InChI=1S/C13H21N3O2S/c1-10(9-16-4-6-18-7-5-16)15-13(17)12(14)11-3-2-8-19-11/h2-3,8,10,12H,4-7,9,14H2,1H3,(H,15,17). The summed E-state index contributed by atoms with van der Waals surface area (Å²) in [5, 5.41) is 4.91. The lowest BCUT2D eigenvalue weighted by Gasteiger charge is -2.29. The van der Waals surface area contributed by atoms with E-state index in [2.05, 4.69) is 10.2 Å². The summed E-state index contributed by atoms with van der Waals surface area (Å²) < 4.78 is 5.30. The van der Waals surface area contributed by atoms with Gasteiger partial charge in [0.05, 0.1) is 13.2 Å². The molecule has 1 amide bonds. The first kappa shape index (κ1) is 14.5. The Morgan fingerprint density at radius 1 is 1.58 bits per heavy atom. The molecule has 0 aliphatic carbocycles. The minimum atomic E-state index is -0.563. The molecular formula is C13H21N3O2S. The van der Waals surface area contributed by atoms with Gasteiger partial charge in [-0.2, -0.15) is 0 Å². The maximum Gasteiger partial charge on any atom is 0.242 e. The molecule has 5 nitrogen and oxygen atoms in total. The third-order valence-electron chi connectivity index (χ3n) is 3.16. The van der Waals surface area contributed by atoms with Gasteiger partial charge in [-0.15, -0.1) is 11.3 Å². The molecule has 0 saturated carbocycles. The number of hydrogen-bond donors (Lipinski definition) is 2. The second-order valence-electron chi connectivity index (χ2n) is 4.82. The molecule has 1 aromatic rings. The van der Waals surface area contributed by atoms with Crippen molar-refractivity contribution in [3.8, 4) is 0 Å². The Morgan fingerprint density at radius 3 is 2.95 bits per heavy atom. The van der Waals surface area contributed by atoms with Crippen molar-refractivity contribution in [2.45, 2.75) is 19.0 Å². The monoisotopic (exact) mass is 283 g/mol. The minimum absolute atomic E-state index is 0.0941. The Hall–Kier alpha value is -0.950. The minimum Gasteiger partial charge on any atom is -0.379 e. The second kappa shape index (κ2) is 7.00. The molecule has 2 heterocycles. The molecule has 1 aromatic heterocycles. The zero-order valence-electron chi connectivity index (χ0n) is 11.2. The molecule has 106 valence electrons. The van der Waals surface area contributed by atoms with Crippen molar-refractivity contribution in [1.82, 2.24) is 10.2 Å². The van der Waals surface area contributed by atoms with E-state index in [1.165, 1.54) is 11.3 Å². The van der Waals surface area contributed by atoms with Crippen molar-refractivity contribution in [2.24, 2.45) is 5.73 Å². The fraction of sp³-hybridized carbons (Fsp3) is 0.615. The predicted octanol–water partition coefficient (Wildman–Crippen LogP) is 0.585. The molecule has 2 unspecified atom stereocenters. The van der Waals surface area contributed by atoms with Gasteiger partial charge in [-0.1, -0.05) is 6.07 Å². The fourth-order valence-electron chi connectivity index (χ4n) is 2.15. The quantitative estimate of drug-likeness (QED) is 0.830. The average Bonchev–Trinajstić information content (AvgIpc) is 2.92. The van der Waals surface area contributed by atoms with Crippen LogP contribution in [-0.4, -0.2) is 49.7 Å². The highest BCUT2D eigenvalue weighted by atomic mass is 32.1. The zero-order valence-corrected chi connectivity index (χ0v) is 12.0. The van der Waals surface area contributed by atoms with E-state index < -0.39 is 6.04 Å². The lowest BCUT2D eigenvalue weighted by Crippen LogP contribution is -2.47. The molecule has 0 radical (unpaired) electrons. The Bertz CT molecular complexity index is 391. The third-order valence-corrected chi connectivity index (χ3v) is 4.11. The van der Waals surface area contributed by atoms with E-state index in [1.54, 1.807) is 0 Å². The third kappa shape index (κ3) is 4.28. The largest absolute Gasteiger partial charge is 0.379 e. The Balaban J connectivity index is 1.77. The van der Waals surface area contributed by atoms with Crippen LogP contribution in [0.25, 0.3) is 0 Å². The van der Waals surface area contributed by atoms with Crippen LogP contribution in [0.15, 0.2) is 17.5 Å². The van der Waals surface area contributed by atoms with Gasteiger partial charge in [0, 0.05) is 30.6 Å². The van der Waals surface area contributed by atoms with Crippen molar-refractivity contribution >= 4 is 17.2 Å². The Kier molecular flexibility index (Phi) is 5.33. The lowest BCUT2D eigenvalue weighted by atomic mass is 10.2. The molecule has 2 atom stereocenters. The summed E-state index contributed by atoms with van der Waals surface area (Å²) in [6, 6.07) is 3.33. The maximum absolute atomic E-state index is 12.0. The topological polar surface area (TPSA) is 67.6 Å². The zero-order chi connectivity index (χ0) is 13.7. The summed E-state index contributed by atoms with van der Waals surface area (Å²) in [6.07, 6.45) is 0.